The number of benzene rings is 1. The van der Waals surface area contributed by atoms with Gasteiger partial charge in [-0.05, 0) is 24.3 Å². The second-order valence-electron chi connectivity index (χ2n) is 4.75. The van der Waals surface area contributed by atoms with Crippen molar-refractivity contribution in [1.82, 2.24) is 0 Å². The van der Waals surface area contributed by atoms with Crippen molar-refractivity contribution < 1.29 is 5.11 Å². The summed E-state index contributed by atoms with van der Waals surface area (Å²) in [4.78, 5) is 0. The summed E-state index contributed by atoms with van der Waals surface area (Å²) in [5.41, 5.74) is 3.67. The lowest BCUT2D eigenvalue weighted by Crippen LogP contribution is -2.03. The number of aliphatic hydroxyl groups excluding tert-OH is 1. The van der Waals surface area contributed by atoms with E-state index >= 15 is 0 Å². The van der Waals surface area contributed by atoms with Crippen LogP contribution in [0.4, 0.5) is 5.69 Å². The molecule has 1 aliphatic heterocycles. The number of hydrogen-bond acceptors (Lipinski definition) is 2. The Kier molecular flexibility index (Phi) is 2.17. The number of hydrogen-bond donors (Lipinski definition) is 2. The fourth-order valence-electron chi connectivity index (χ4n) is 2.44. The normalized spacial score (nSPS) is 20.9. The summed E-state index contributed by atoms with van der Waals surface area (Å²) in [6.07, 6.45) is 4.38. The van der Waals surface area contributed by atoms with Gasteiger partial charge in [-0.3, -0.25) is 0 Å². The van der Waals surface area contributed by atoms with E-state index in [2.05, 4.69) is 23.5 Å². The second kappa shape index (κ2) is 3.53. The van der Waals surface area contributed by atoms with E-state index in [-0.39, 0.29) is 6.10 Å². The molecule has 0 spiro atoms. The van der Waals surface area contributed by atoms with E-state index in [4.69, 9.17) is 0 Å². The molecule has 0 radical (unpaired) electrons. The Morgan fingerprint density at radius 2 is 2.27 bits per heavy atom. The third-order valence-electron chi connectivity index (χ3n) is 3.49. The number of anilines is 1. The minimum atomic E-state index is -0.266. The van der Waals surface area contributed by atoms with E-state index in [1.807, 2.05) is 0 Å². The zero-order chi connectivity index (χ0) is 10.3. The highest BCUT2D eigenvalue weighted by atomic mass is 16.3. The van der Waals surface area contributed by atoms with Crippen LogP contribution in [-0.4, -0.2) is 11.7 Å². The smallest absolute Gasteiger partial charge is 0.0812 e. The molecule has 1 unspecified atom stereocenters. The van der Waals surface area contributed by atoms with E-state index in [0.29, 0.717) is 0 Å². The molecule has 2 aliphatic rings. The van der Waals surface area contributed by atoms with Gasteiger partial charge in [0, 0.05) is 17.8 Å². The predicted molar refractivity (Wildman–Crippen MR) is 60.9 cm³/mol. The molecule has 1 atom stereocenters. The zero-order valence-electron chi connectivity index (χ0n) is 8.87. The zero-order valence-corrected chi connectivity index (χ0v) is 8.87. The number of fused-ring (bicyclic) bond motifs is 1. The van der Waals surface area contributed by atoms with Gasteiger partial charge in [-0.15, -0.1) is 0 Å². The van der Waals surface area contributed by atoms with Crippen molar-refractivity contribution in [2.75, 3.05) is 11.9 Å². The molecule has 1 heterocycles. The SMILES string of the molecule is OC(CC1CC1)c1cccc2c1NCC2. The van der Waals surface area contributed by atoms with Gasteiger partial charge in [0.2, 0.25) is 0 Å². The third-order valence-corrected chi connectivity index (χ3v) is 3.49. The Balaban J connectivity index is 1.86. The van der Waals surface area contributed by atoms with E-state index in [1.54, 1.807) is 0 Å². The first kappa shape index (κ1) is 9.22. The molecule has 0 aromatic heterocycles. The number of rotatable bonds is 3. The maximum absolute atomic E-state index is 10.2. The van der Waals surface area contributed by atoms with E-state index in [1.165, 1.54) is 24.1 Å². The number of nitrogens with one attached hydrogen (secondary N) is 1. The van der Waals surface area contributed by atoms with Crippen LogP contribution < -0.4 is 5.32 Å². The molecule has 15 heavy (non-hydrogen) atoms. The van der Waals surface area contributed by atoms with E-state index in [9.17, 15) is 5.11 Å². The van der Waals surface area contributed by atoms with Crippen LogP contribution in [0.5, 0.6) is 0 Å². The molecule has 1 saturated carbocycles. The average Bonchev–Trinajstić information content (AvgIpc) is 2.93. The first-order valence-electron chi connectivity index (χ1n) is 5.88. The lowest BCUT2D eigenvalue weighted by Gasteiger charge is -2.14. The first-order chi connectivity index (χ1) is 7.34. The van der Waals surface area contributed by atoms with Crippen molar-refractivity contribution in [3.05, 3.63) is 29.3 Å². The minimum absolute atomic E-state index is 0.266. The van der Waals surface area contributed by atoms with Crippen LogP contribution in [0.1, 0.15) is 36.5 Å². The van der Waals surface area contributed by atoms with Crippen molar-refractivity contribution >= 4 is 5.69 Å². The second-order valence-corrected chi connectivity index (χ2v) is 4.75. The fourth-order valence-corrected chi connectivity index (χ4v) is 2.44. The molecule has 1 aliphatic carbocycles. The molecule has 2 nitrogen and oxygen atoms in total. The summed E-state index contributed by atoms with van der Waals surface area (Å²) in [6.45, 7) is 1.02. The van der Waals surface area contributed by atoms with Crippen LogP contribution in [0.3, 0.4) is 0 Å². The average molecular weight is 203 g/mol. The summed E-state index contributed by atoms with van der Waals surface area (Å²) in [6, 6.07) is 6.28. The molecule has 0 saturated heterocycles. The predicted octanol–water partition coefficient (Wildman–Crippen LogP) is 2.49. The van der Waals surface area contributed by atoms with Gasteiger partial charge < -0.3 is 10.4 Å². The standard InChI is InChI=1S/C13H17NO/c15-12(8-9-4-5-9)11-3-1-2-10-6-7-14-13(10)11/h1-3,9,12,14-15H,4-8H2. The third kappa shape index (κ3) is 1.74. The van der Waals surface area contributed by atoms with Crippen molar-refractivity contribution in [1.29, 1.82) is 0 Å². The van der Waals surface area contributed by atoms with Crippen LogP contribution in [0, 0.1) is 5.92 Å². The quantitative estimate of drug-likeness (QED) is 0.791. The summed E-state index contributed by atoms with van der Waals surface area (Å²) in [5, 5.41) is 13.5. The molecule has 0 bridgehead atoms. The highest BCUT2D eigenvalue weighted by Crippen LogP contribution is 2.40. The highest BCUT2D eigenvalue weighted by Gasteiger charge is 2.27. The lowest BCUT2D eigenvalue weighted by molar-refractivity contribution is 0.161. The molecular formula is C13H17NO. The van der Waals surface area contributed by atoms with Crippen LogP contribution in [-0.2, 0) is 6.42 Å². The number of aliphatic hydroxyl groups is 1. The molecule has 3 rings (SSSR count). The van der Waals surface area contributed by atoms with Gasteiger partial charge in [-0.2, -0.15) is 0 Å². The van der Waals surface area contributed by atoms with E-state index < -0.39 is 0 Å². The molecule has 1 aromatic rings. The van der Waals surface area contributed by atoms with Gasteiger partial charge in [-0.25, -0.2) is 0 Å². The van der Waals surface area contributed by atoms with Gasteiger partial charge >= 0.3 is 0 Å². The van der Waals surface area contributed by atoms with Crippen LogP contribution in [0.25, 0.3) is 0 Å². The monoisotopic (exact) mass is 203 g/mol. The van der Waals surface area contributed by atoms with Crippen LogP contribution in [0.2, 0.25) is 0 Å². The molecule has 2 N–H and O–H groups in total. The van der Waals surface area contributed by atoms with Crippen molar-refractivity contribution in [2.24, 2.45) is 5.92 Å². The lowest BCUT2D eigenvalue weighted by atomic mass is 9.99. The maximum atomic E-state index is 10.2. The van der Waals surface area contributed by atoms with Gasteiger partial charge in [0.25, 0.3) is 0 Å². The van der Waals surface area contributed by atoms with Gasteiger partial charge in [0.15, 0.2) is 0 Å². The topological polar surface area (TPSA) is 32.3 Å². The summed E-state index contributed by atoms with van der Waals surface area (Å²) < 4.78 is 0. The number of para-hydroxylation sites is 1. The molecule has 0 amide bonds. The largest absolute Gasteiger partial charge is 0.388 e. The molecule has 1 aromatic carbocycles. The van der Waals surface area contributed by atoms with Crippen molar-refractivity contribution in [2.45, 2.75) is 31.8 Å². The Labute approximate surface area is 90.3 Å². The summed E-state index contributed by atoms with van der Waals surface area (Å²) in [7, 11) is 0. The van der Waals surface area contributed by atoms with Gasteiger partial charge in [-0.1, -0.05) is 31.0 Å². The molecular weight excluding hydrogens is 186 g/mol. The fraction of sp³-hybridized carbons (Fsp3) is 0.538. The van der Waals surface area contributed by atoms with Crippen LogP contribution in [0.15, 0.2) is 18.2 Å². The van der Waals surface area contributed by atoms with Gasteiger partial charge in [0.1, 0.15) is 0 Å². The minimum Gasteiger partial charge on any atom is -0.388 e. The summed E-state index contributed by atoms with van der Waals surface area (Å²) >= 11 is 0. The molecule has 2 heteroatoms. The first-order valence-corrected chi connectivity index (χ1v) is 5.88. The Morgan fingerprint density at radius 1 is 1.40 bits per heavy atom. The van der Waals surface area contributed by atoms with Gasteiger partial charge in [0.05, 0.1) is 6.10 Å². The Bertz CT molecular complexity index is 371. The van der Waals surface area contributed by atoms with E-state index in [0.717, 1.165) is 30.9 Å². The van der Waals surface area contributed by atoms with Crippen molar-refractivity contribution in [3.63, 3.8) is 0 Å². The van der Waals surface area contributed by atoms with Crippen molar-refractivity contribution in [3.8, 4) is 0 Å². The Morgan fingerprint density at radius 3 is 3.07 bits per heavy atom. The maximum Gasteiger partial charge on any atom is 0.0812 e. The van der Waals surface area contributed by atoms with Crippen LogP contribution >= 0.6 is 0 Å². The highest BCUT2D eigenvalue weighted by molar-refractivity contribution is 5.61. The Hall–Kier alpha value is -1.02. The molecule has 80 valence electrons. The molecule has 1 fully saturated rings. The summed E-state index contributed by atoms with van der Waals surface area (Å²) in [5.74, 6) is 0.775.